The Bertz CT molecular complexity index is 345. The Kier molecular flexibility index (Phi) is 4.45. The zero-order chi connectivity index (χ0) is 11.3. The Morgan fingerprint density at radius 1 is 1.73 bits per heavy atom. The summed E-state index contributed by atoms with van der Waals surface area (Å²) in [5.41, 5.74) is 5.63. The predicted molar refractivity (Wildman–Crippen MR) is 58.6 cm³/mol. The second kappa shape index (κ2) is 5.63. The number of hydrogen-bond donors (Lipinski definition) is 2. The third kappa shape index (κ3) is 4.22. The van der Waals surface area contributed by atoms with Gasteiger partial charge < -0.3 is 5.73 Å². The van der Waals surface area contributed by atoms with Gasteiger partial charge in [0.25, 0.3) is 0 Å². The Labute approximate surface area is 93.0 Å². The van der Waals surface area contributed by atoms with Crippen molar-refractivity contribution in [2.24, 2.45) is 5.73 Å². The molecule has 15 heavy (non-hydrogen) atoms. The van der Waals surface area contributed by atoms with E-state index in [0.29, 0.717) is 5.15 Å². The number of carbonyl (C=O) groups excluding carboxylic acids is 1. The minimum atomic E-state index is -0.202. The Morgan fingerprint density at radius 3 is 3.07 bits per heavy atom. The number of hydrogen-bond acceptors (Lipinski definition) is 4. The van der Waals surface area contributed by atoms with Gasteiger partial charge in [-0.05, 0) is 12.5 Å². The van der Waals surface area contributed by atoms with Crippen molar-refractivity contribution in [1.82, 2.24) is 9.97 Å². The van der Waals surface area contributed by atoms with Gasteiger partial charge in [-0.25, -0.2) is 9.97 Å². The van der Waals surface area contributed by atoms with E-state index in [2.05, 4.69) is 15.3 Å². The quantitative estimate of drug-likeness (QED) is 0.759. The number of anilines is 1. The van der Waals surface area contributed by atoms with Crippen LogP contribution >= 0.6 is 11.6 Å². The Morgan fingerprint density at radius 2 is 2.47 bits per heavy atom. The molecule has 0 aliphatic carbocycles. The highest BCUT2D eigenvalue weighted by Crippen LogP contribution is 2.06. The first kappa shape index (κ1) is 11.9. The maximum absolute atomic E-state index is 11.4. The highest BCUT2D eigenvalue weighted by molar-refractivity contribution is 6.29. The zero-order valence-corrected chi connectivity index (χ0v) is 9.16. The summed E-state index contributed by atoms with van der Waals surface area (Å²) in [6.45, 7) is 1.92. The molecule has 1 atom stereocenters. The van der Waals surface area contributed by atoms with Crippen molar-refractivity contribution in [2.75, 3.05) is 5.32 Å². The lowest BCUT2D eigenvalue weighted by atomic mass is 10.1. The van der Waals surface area contributed by atoms with Crippen molar-refractivity contribution in [3.8, 4) is 0 Å². The van der Waals surface area contributed by atoms with Crippen molar-refractivity contribution in [3.63, 3.8) is 0 Å². The van der Waals surface area contributed by atoms with Gasteiger partial charge in [-0.1, -0.05) is 18.5 Å². The number of halogens is 1. The molecular formula is C9H13ClN4O. The fourth-order valence-corrected chi connectivity index (χ4v) is 1.09. The lowest BCUT2D eigenvalue weighted by molar-refractivity contribution is -0.116. The molecule has 3 N–H and O–H groups in total. The van der Waals surface area contributed by atoms with E-state index in [9.17, 15) is 4.79 Å². The molecule has 0 aliphatic rings. The number of aromatic nitrogens is 2. The van der Waals surface area contributed by atoms with Crippen LogP contribution in [0.15, 0.2) is 12.3 Å². The Balaban J connectivity index is 2.51. The maximum Gasteiger partial charge on any atom is 0.230 e. The lowest BCUT2D eigenvalue weighted by Crippen LogP contribution is -2.26. The summed E-state index contributed by atoms with van der Waals surface area (Å²) in [6.07, 6.45) is 2.49. The number of nitrogens with one attached hydrogen (secondary N) is 1. The van der Waals surface area contributed by atoms with Gasteiger partial charge in [0.1, 0.15) is 5.15 Å². The summed E-state index contributed by atoms with van der Waals surface area (Å²) in [5, 5.41) is 2.81. The topological polar surface area (TPSA) is 80.9 Å². The second-order valence-electron chi connectivity index (χ2n) is 3.12. The first-order chi connectivity index (χ1) is 7.11. The van der Waals surface area contributed by atoms with E-state index in [4.69, 9.17) is 17.3 Å². The van der Waals surface area contributed by atoms with Gasteiger partial charge in [0.15, 0.2) is 0 Å². The number of rotatable bonds is 4. The van der Waals surface area contributed by atoms with Crippen molar-refractivity contribution < 1.29 is 4.79 Å². The maximum atomic E-state index is 11.4. The summed E-state index contributed by atoms with van der Waals surface area (Å²) in [5.74, 6) is 0.00224. The molecule has 0 aromatic carbocycles. The van der Waals surface area contributed by atoms with E-state index in [1.54, 1.807) is 0 Å². The van der Waals surface area contributed by atoms with E-state index in [1.165, 1.54) is 12.3 Å². The molecule has 0 fully saturated rings. The van der Waals surface area contributed by atoms with Crippen LogP contribution in [-0.2, 0) is 4.79 Å². The molecular weight excluding hydrogens is 216 g/mol. The molecule has 6 heteroatoms. The number of nitrogens with zero attached hydrogens (tertiary/aromatic N) is 2. The summed E-state index contributed by atoms with van der Waals surface area (Å²) >= 11 is 5.63. The molecule has 1 amide bonds. The van der Waals surface area contributed by atoms with Crippen molar-refractivity contribution in [1.29, 1.82) is 0 Å². The molecule has 0 radical (unpaired) electrons. The fraction of sp³-hybridized carbons (Fsp3) is 0.444. The highest BCUT2D eigenvalue weighted by atomic mass is 35.5. The molecule has 82 valence electrons. The molecule has 0 spiro atoms. The third-order valence-corrected chi connectivity index (χ3v) is 2.06. The minimum Gasteiger partial charge on any atom is -0.327 e. The number of carbonyl (C=O) groups is 1. The zero-order valence-electron chi connectivity index (χ0n) is 8.40. The van der Waals surface area contributed by atoms with Crippen LogP contribution in [-0.4, -0.2) is 21.9 Å². The minimum absolute atomic E-state index is 0.135. The molecule has 1 aromatic heterocycles. The SMILES string of the molecule is CCC(N)CC(=O)Nc1nccc(Cl)n1. The Hall–Kier alpha value is -1.20. The van der Waals surface area contributed by atoms with Crippen molar-refractivity contribution in [3.05, 3.63) is 17.4 Å². The van der Waals surface area contributed by atoms with Crippen LogP contribution in [0.2, 0.25) is 5.15 Å². The summed E-state index contributed by atoms with van der Waals surface area (Å²) in [6, 6.07) is 1.40. The van der Waals surface area contributed by atoms with Gasteiger partial charge in [0.2, 0.25) is 11.9 Å². The average molecular weight is 229 g/mol. The monoisotopic (exact) mass is 228 g/mol. The number of nitrogens with two attached hydrogens (primary N) is 1. The van der Waals surface area contributed by atoms with Gasteiger partial charge in [-0.15, -0.1) is 0 Å². The molecule has 0 saturated heterocycles. The first-order valence-electron chi connectivity index (χ1n) is 4.65. The highest BCUT2D eigenvalue weighted by Gasteiger charge is 2.09. The summed E-state index contributed by atoms with van der Waals surface area (Å²) < 4.78 is 0. The van der Waals surface area contributed by atoms with Crippen molar-refractivity contribution in [2.45, 2.75) is 25.8 Å². The molecule has 0 aliphatic heterocycles. The van der Waals surface area contributed by atoms with Crippen LogP contribution < -0.4 is 11.1 Å². The number of amides is 1. The predicted octanol–water partition coefficient (Wildman–Crippen LogP) is 1.20. The van der Waals surface area contributed by atoms with Gasteiger partial charge >= 0.3 is 0 Å². The standard InChI is InChI=1S/C9H13ClN4O/c1-2-6(11)5-8(15)14-9-12-4-3-7(10)13-9/h3-4,6H,2,5,11H2,1H3,(H,12,13,14,15). The summed E-state index contributed by atoms with van der Waals surface area (Å²) in [7, 11) is 0. The van der Waals surface area contributed by atoms with Gasteiger partial charge in [-0.2, -0.15) is 0 Å². The molecule has 1 unspecified atom stereocenters. The molecule has 1 rings (SSSR count). The van der Waals surface area contributed by atoms with Gasteiger partial charge in [-0.3, -0.25) is 10.1 Å². The van der Waals surface area contributed by atoms with E-state index in [1.807, 2.05) is 6.92 Å². The van der Waals surface area contributed by atoms with Crippen LogP contribution in [0.25, 0.3) is 0 Å². The fourth-order valence-electron chi connectivity index (χ4n) is 0.955. The van der Waals surface area contributed by atoms with E-state index in [0.717, 1.165) is 6.42 Å². The second-order valence-corrected chi connectivity index (χ2v) is 3.51. The van der Waals surface area contributed by atoms with Crippen molar-refractivity contribution >= 4 is 23.5 Å². The third-order valence-electron chi connectivity index (χ3n) is 1.84. The van der Waals surface area contributed by atoms with Crippen LogP contribution in [0.5, 0.6) is 0 Å². The normalized spacial score (nSPS) is 12.2. The van der Waals surface area contributed by atoms with E-state index >= 15 is 0 Å². The molecule has 1 heterocycles. The van der Waals surface area contributed by atoms with Crippen LogP contribution in [0.1, 0.15) is 19.8 Å². The largest absolute Gasteiger partial charge is 0.327 e. The van der Waals surface area contributed by atoms with Crippen LogP contribution in [0.3, 0.4) is 0 Å². The van der Waals surface area contributed by atoms with Gasteiger partial charge in [0.05, 0.1) is 0 Å². The first-order valence-corrected chi connectivity index (χ1v) is 5.03. The van der Waals surface area contributed by atoms with Gasteiger partial charge in [0, 0.05) is 18.7 Å². The molecule has 1 aromatic rings. The van der Waals surface area contributed by atoms with E-state index < -0.39 is 0 Å². The smallest absolute Gasteiger partial charge is 0.230 e. The van der Waals surface area contributed by atoms with E-state index in [-0.39, 0.29) is 24.3 Å². The average Bonchev–Trinajstić information content (AvgIpc) is 2.17. The molecule has 0 bridgehead atoms. The van der Waals surface area contributed by atoms with Crippen LogP contribution in [0, 0.1) is 0 Å². The van der Waals surface area contributed by atoms with Crippen LogP contribution in [0.4, 0.5) is 5.95 Å². The molecule has 0 saturated carbocycles. The lowest BCUT2D eigenvalue weighted by Gasteiger charge is -2.07. The molecule has 5 nitrogen and oxygen atoms in total. The summed E-state index contributed by atoms with van der Waals surface area (Å²) in [4.78, 5) is 19.1.